The van der Waals surface area contributed by atoms with Crippen molar-refractivity contribution >= 4 is 9.84 Å². The Hall–Kier alpha value is -0.0900. The van der Waals surface area contributed by atoms with E-state index in [9.17, 15) is 13.5 Å². The van der Waals surface area contributed by atoms with Crippen molar-refractivity contribution in [3.05, 3.63) is 0 Å². The molecule has 2 bridgehead atoms. The van der Waals surface area contributed by atoms with Gasteiger partial charge in [-0.05, 0) is 44.4 Å². The summed E-state index contributed by atoms with van der Waals surface area (Å²) in [7, 11) is -2.88. The van der Waals surface area contributed by atoms with Gasteiger partial charge in [0.2, 0.25) is 0 Å². The Labute approximate surface area is 90.8 Å². The molecule has 86 valence electrons. The summed E-state index contributed by atoms with van der Waals surface area (Å²) in [4.78, 5) is 0. The van der Waals surface area contributed by atoms with Crippen LogP contribution in [0.3, 0.4) is 0 Å². The molecule has 1 N–H and O–H groups in total. The van der Waals surface area contributed by atoms with Gasteiger partial charge in [0.05, 0.1) is 16.1 Å². The van der Waals surface area contributed by atoms with Gasteiger partial charge in [0.25, 0.3) is 0 Å². The summed E-state index contributed by atoms with van der Waals surface area (Å²) >= 11 is 0. The minimum absolute atomic E-state index is 0.234. The van der Waals surface area contributed by atoms with Crippen LogP contribution in [0.25, 0.3) is 0 Å². The summed E-state index contributed by atoms with van der Waals surface area (Å²) in [6, 6.07) is 0. The van der Waals surface area contributed by atoms with Crippen molar-refractivity contribution in [2.24, 2.45) is 5.92 Å². The lowest BCUT2D eigenvalue weighted by Crippen LogP contribution is -2.51. The van der Waals surface area contributed by atoms with Gasteiger partial charge >= 0.3 is 0 Å². The molecular weight excluding hydrogens is 212 g/mol. The standard InChI is InChI=1S/C11H18O3S/c12-11(8-2-1-3-8)6-9-4-5-10(7-11)15(9,13)14/h8-10,12H,1-7H2. The van der Waals surface area contributed by atoms with Gasteiger partial charge in [-0.2, -0.15) is 0 Å². The highest BCUT2D eigenvalue weighted by atomic mass is 32.2. The molecule has 2 heterocycles. The molecule has 0 aromatic rings. The molecule has 3 aliphatic rings. The molecule has 1 aliphatic carbocycles. The van der Waals surface area contributed by atoms with Gasteiger partial charge in [-0.3, -0.25) is 0 Å². The third-order valence-corrected chi connectivity index (χ3v) is 7.43. The Balaban J connectivity index is 1.88. The molecule has 3 rings (SSSR count). The molecule has 3 nitrogen and oxygen atoms in total. The van der Waals surface area contributed by atoms with E-state index in [0.717, 1.165) is 25.7 Å². The number of hydrogen-bond acceptors (Lipinski definition) is 3. The minimum Gasteiger partial charge on any atom is -0.390 e. The molecule has 2 saturated heterocycles. The van der Waals surface area contributed by atoms with Crippen molar-refractivity contribution in [2.75, 3.05) is 0 Å². The number of rotatable bonds is 1. The van der Waals surface area contributed by atoms with Crippen molar-refractivity contribution in [1.82, 2.24) is 0 Å². The van der Waals surface area contributed by atoms with E-state index in [-0.39, 0.29) is 10.5 Å². The van der Waals surface area contributed by atoms with Crippen molar-refractivity contribution in [3.8, 4) is 0 Å². The first-order valence-corrected chi connectivity index (χ1v) is 7.58. The second-order valence-electron chi connectivity index (χ2n) is 5.55. The fourth-order valence-corrected chi connectivity index (χ4v) is 6.08. The van der Waals surface area contributed by atoms with Crippen LogP contribution in [0.4, 0.5) is 0 Å². The maximum atomic E-state index is 11.9. The van der Waals surface area contributed by atoms with Crippen LogP contribution in [-0.4, -0.2) is 29.6 Å². The molecule has 15 heavy (non-hydrogen) atoms. The molecule has 0 aromatic carbocycles. The molecule has 4 heteroatoms. The lowest BCUT2D eigenvalue weighted by atomic mass is 9.69. The summed E-state index contributed by atoms with van der Waals surface area (Å²) in [6.45, 7) is 0. The molecule has 0 spiro atoms. The van der Waals surface area contributed by atoms with E-state index in [1.807, 2.05) is 0 Å². The predicted octanol–water partition coefficient (Wildman–Crippen LogP) is 1.26. The predicted molar refractivity (Wildman–Crippen MR) is 57.3 cm³/mol. The number of sulfone groups is 1. The van der Waals surface area contributed by atoms with E-state index in [1.54, 1.807) is 0 Å². The normalized spacial score (nSPS) is 48.9. The highest BCUT2D eigenvalue weighted by molar-refractivity contribution is 7.93. The Morgan fingerprint density at radius 2 is 1.53 bits per heavy atom. The lowest BCUT2D eigenvalue weighted by Gasteiger charge is -2.45. The highest BCUT2D eigenvalue weighted by Gasteiger charge is 2.55. The summed E-state index contributed by atoms with van der Waals surface area (Å²) < 4.78 is 23.8. The summed E-state index contributed by atoms with van der Waals surface area (Å²) in [6.07, 6.45) is 5.97. The number of aliphatic hydroxyl groups is 1. The van der Waals surface area contributed by atoms with Crippen molar-refractivity contribution in [3.63, 3.8) is 0 Å². The average molecular weight is 230 g/mol. The molecule has 0 aromatic heterocycles. The van der Waals surface area contributed by atoms with E-state index < -0.39 is 15.4 Å². The molecule has 0 radical (unpaired) electrons. The number of hydrogen-bond donors (Lipinski definition) is 1. The quantitative estimate of drug-likeness (QED) is 0.737. The van der Waals surface area contributed by atoms with Crippen molar-refractivity contribution < 1.29 is 13.5 Å². The SMILES string of the molecule is O=S1(=O)C2CCC1CC(O)(C1CCC1)C2. The van der Waals surface area contributed by atoms with E-state index in [2.05, 4.69) is 0 Å². The second-order valence-corrected chi connectivity index (χ2v) is 8.06. The van der Waals surface area contributed by atoms with Crippen LogP contribution in [0, 0.1) is 5.92 Å². The largest absolute Gasteiger partial charge is 0.390 e. The zero-order valence-corrected chi connectivity index (χ0v) is 9.67. The van der Waals surface area contributed by atoms with Crippen molar-refractivity contribution in [1.29, 1.82) is 0 Å². The summed E-state index contributed by atoms with van der Waals surface area (Å²) in [5.41, 5.74) is -0.643. The van der Waals surface area contributed by atoms with Crippen LogP contribution in [0.15, 0.2) is 0 Å². The van der Waals surface area contributed by atoms with Gasteiger partial charge < -0.3 is 5.11 Å². The van der Waals surface area contributed by atoms with Gasteiger partial charge in [0.1, 0.15) is 0 Å². The molecule has 0 amide bonds. The Morgan fingerprint density at radius 3 is 1.93 bits per heavy atom. The maximum Gasteiger partial charge on any atom is 0.156 e. The first kappa shape index (κ1) is 10.1. The zero-order chi connectivity index (χ0) is 10.7. The Kier molecular flexibility index (Phi) is 2.00. The van der Waals surface area contributed by atoms with E-state index in [4.69, 9.17) is 0 Å². The molecule has 1 saturated carbocycles. The van der Waals surface area contributed by atoms with Crippen LogP contribution in [0.1, 0.15) is 44.9 Å². The molecular formula is C11H18O3S. The summed E-state index contributed by atoms with van der Waals surface area (Å²) in [5, 5.41) is 10.1. The fourth-order valence-electron chi connectivity index (χ4n) is 3.56. The Morgan fingerprint density at radius 1 is 1.00 bits per heavy atom. The van der Waals surface area contributed by atoms with Crippen LogP contribution < -0.4 is 0 Å². The van der Waals surface area contributed by atoms with Gasteiger partial charge in [-0.15, -0.1) is 0 Å². The molecule has 3 fully saturated rings. The van der Waals surface area contributed by atoms with Crippen LogP contribution in [0.2, 0.25) is 0 Å². The zero-order valence-electron chi connectivity index (χ0n) is 8.85. The topological polar surface area (TPSA) is 54.4 Å². The van der Waals surface area contributed by atoms with Crippen LogP contribution >= 0.6 is 0 Å². The van der Waals surface area contributed by atoms with Gasteiger partial charge in [-0.25, -0.2) is 8.42 Å². The van der Waals surface area contributed by atoms with Gasteiger partial charge in [0, 0.05) is 0 Å². The molecule has 2 atom stereocenters. The monoisotopic (exact) mass is 230 g/mol. The van der Waals surface area contributed by atoms with E-state index >= 15 is 0 Å². The third-order valence-electron chi connectivity index (χ3n) is 4.77. The maximum absolute atomic E-state index is 11.9. The highest BCUT2D eigenvalue weighted by Crippen LogP contribution is 2.50. The van der Waals surface area contributed by atoms with Gasteiger partial charge in [0.15, 0.2) is 9.84 Å². The Bertz CT molecular complexity index is 349. The fraction of sp³-hybridized carbons (Fsp3) is 1.00. The van der Waals surface area contributed by atoms with Gasteiger partial charge in [-0.1, -0.05) is 6.42 Å². The average Bonchev–Trinajstić information content (AvgIpc) is 2.29. The molecule has 2 unspecified atom stereocenters. The smallest absolute Gasteiger partial charge is 0.156 e. The third kappa shape index (κ3) is 1.30. The second kappa shape index (κ2) is 2.98. The number of fused-ring (bicyclic) bond motifs is 2. The molecule has 2 aliphatic heterocycles. The van der Waals surface area contributed by atoms with E-state index in [1.165, 1.54) is 6.42 Å². The van der Waals surface area contributed by atoms with Crippen LogP contribution in [-0.2, 0) is 9.84 Å². The van der Waals surface area contributed by atoms with Crippen molar-refractivity contribution in [2.45, 2.75) is 61.0 Å². The van der Waals surface area contributed by atoms with E-state index in [0.29, 0.717) is 18.8 Å². The lowest BCUT2D eigenvalue weighted by molar-refractivity contribution is -0.0638. The first-order valence-electron chi connectivity index (χ1n) is 5.97. The summed E-state index contributed by atoms with van der Waals surface area (Å²) in [5.74, 6) is 0.385. The van der Waals surface area contributed by atoms with Crippen LogP contribution in [0.5, 0.6) is 0 Å². The minimum atomic E-state index is -2.88. The first-order chi connectivity index (χ1) is 7.02.